The molecule has 4 rings (SSSR count). The maximum absolute atomic E-state index is 12.1. The fourth-order valence-corrected chi connectivity index (χ4v) is 3.87. The van der Waals surface area contributed by atoms with E-state index in [0.717, 1.165) is 11.4 Å². The summed E-state index contributed by atoms with van der Waals surface area (Å²) in [7, 11) is 1.59. The number of ether oxygens (including phenoxy) is 2. The second-order valence-electron chi connectivity index (χ2n) is 6.39. The predicted molar refractivity (Wildman–Crippen MR) is 85.2 cm³/mol. The highest BCUT2D eigenvalue weighted by Crippen LogP contribution is 2.52. The van der Waals surface area contributed by atoms with Gasteiger partial charge < -0.3 is 19.6 Å². The lowest BCUT2D eigenvalue weighted by Crippen LogP contribution is -2.45. The number of methoxy groups -OCH3 is 1. The molecule has 1 fully saturated rings. The molecule has 0 spiro atoms. The molecule has 24 heavy (non-hydrogen) atoms. The van der Waals surface area contributed by atoms with Gasteiger partial charge in [-0.1, -0.05) is 12.1 Å². The number of aromatic nitrogens is 2. The number of nitrogens with one attached hydrogen (secondary N) is 1. The van der Waals surface area contributed by atoms with Gasteiger partial charge >= 0.3 is 5.97 Å². The monoisotopic (exact) mass is 329 g/mol. The van der Waals surface area contributed by atoms with Gasteiger partial charge in [-0.05, 0) is 6.07 Å². The third-order valence-corrected chi connectivity index (χ3v) is 5.05. The highest BCUT2D eigenvalue weighted by atomic mass is 16.5. The average Bonchev–Trinajstić information content (AvgIpc) is 3.22. The molecule has 1 aromatic carbocycles. The van der Waals surface area contributed by atoms with Gasteiger partial charge in [-0.2, -0.15) is 0 Å². The van der Waals surface area contributed by atoms with Gasteiger partial charge in [0.05, 0.1) is 13.7 Å². The maximum atomic E-state index is 12.1. The highest BCUT2D eigenvalue weighted by Gasteiger charge is 2.56. The van der Waals surface area contributed by atoms with Crippen molar-refractivity contribution >= 4 is 5.97 Å². The number of rotatable bonds is 4. The van der Waals surface area contributed by atoms with Crippen molar-refractivity contribution in [2.45, 2.75) is 12.5 Å². The summed E-state index contributed by atoms with van der Waals surface area (Å²) in [5.41, 5.74) is -0.0312. The Bertz CT molecular complexity index is 761. The lowest BCUT2D eigenvalue weighted by molar-refractivity contribution is -0.152. The maximum Gasteiger partial charge on any atom is 0.315 e. The Hall–Kier alpha value is -2.54. The number of para-hydroxylation sites is 1. The number of fused-ring (bicyclic) bond motifs is 3. The zero-order valence-corrected chi connectivity index (χ0v) is 13.4. The molecule has 7 nitrogen and oxygen atoms in total. The van der Waals surface area contributed by atoms with E-state index in [1.165, 1.54) is 0 Å². The van der Waals surface area contributed by atoms with Crippen LogP contribution in [0.4, 0.5) is 0 Å². The van der Waals surface area contributed by atoms with Crippen LogP contribution in [-0.2, 0) is 11.3 Å². The van der Waals surface area contributed by atoms with Gasteiger partial charge in [0.1, 0.15) is 17.8 Å². The molecule has 7 heteroatoms. The van der Waals surface area contributed by atoms with Crippen molar-refractivity contribution in [1.29, 1.82) is 0 Å². The first-order chi connectivity index (χ1) is 11.6. The van der Waals surface area contributed by atoms with E-state index in [0.29, 0.717) is 31.1 Å². The second kappa shape index (κ2) is 5.52. The molecule has 0 aliphatic carbocycles. The van der Waals surface area contributed by atoms with Crippen LogP contribution >= 0.6 is 0 Å². The Labute approximate surface area is 139 Å². The van der Waals surface area contributed by atoms with E-state index >= 15 is 0 Å². The topological polar surface area (TPSA) is 87.7 Å². The largest absolute Gasteiger partial charge is 0.493 e. The Morgan fingerprint density at radius 2 is 2.46 bits per heavy atom. The molecule has 2 N–H and O–H groups in total. The molecule has 2 aliphatic heterocycles. The van der Waals surface area contributed by atoms with Crippen molar-refractivity contribution in [1.82, 2.24) is 14.9 Å². The predicted octanol–water partition coefficient (Wildman–Crippen LogP) is 1.48. The lowest BCUT2D eigenvalue weighted by Gasteiger charge is -2.36. The van der Waals surface area contributed by atoms with Gasteiger partial charge in [0.15, 0.2) is 11.5 Å². The molecular weight excluding hydrogens is 310 g/mol. The summed E-state index contributed by atoms with van der Waals surface area (Å²) in [5, 5.41) is 9.93. The lowest BCUT2D eigenvalue weighted by atomic mass is 9.73. The first-order valence-corrected chi connectivity index (χ1v) is 7.88. The minimum Gasteiger partial charge on any atom is -0.493 e. The first kappa shape index (κ1) is 15.0. The van der Waals surface area contributed by atoms with Crippen LogP contribution in [0.5, 0.6) is 11.5 Å². The normalized spacial score (nSPS) is 25.6. The molecule has 2 aliphatic rings. The van der Waals surface area contributed by atoms with Crippen LogP contribution in [0.1, 0.15) is 17.3 Å². The summed E-state index contributed by atoms with van der Waals surface area (Å²) < 4.78 is 11.2. The zero-order valence-electron chi connectivity index (χ0n) is 13.4. The zero-order chi connectivity index (χ0) is 16.7. The summed E-state index contributed by atoms with van der Waals surface area (Å²) in [6.07, 6.45) is 3.48. The third-order valence-electron chi connectivity index (χ3n) is 5.05. The van der Waals surface area contributed by atoms with Crippen molar-refractivity contribution in [3.63, 3.8) is 0 Å². The van der Waals surface area contributed by atoms with Gasteiger partial charge in [0.2, 0.25) is 0 Å². The Balaban J connectivity index is 1.71. The number of aromatic amines is 1. The fraction of sp³-hybridized carbons (Fsp3) is 0.412. The molecule has 0 saturated carbocycles. The van der Waals surface area contributed by atoms with Gasteiger partial charge in [0, 0.05) is 37.0 Å². The summed E-state index contributed by atoms with van der Waals surface area (Å²) in [6.45, 7) is 1.83. The Morgan fingerprint density at radius 3 is 3.17 bits per heavy atom. The van der Waals surface area contributed by atoms with Crippen molar-refractivity contribution in [2.75, 3.05) is 26.8 Å². The van der Waals surface area contributed by atoms with E-state index in [-0.39, 0.29) is 12.5 Å². The molecule has 3 heterocycles. The summed E-state index contributed by atoms with van der Waals surface area (Å²) in [6, 6.07) is 5.66. The van der Waals surface area contributed by atoms with Crippen LogP contribution < -0.4 is 9.47 Å². The van der Waals surface area contributed by atoms with Gasteiger partial charge in [-0.25, -0.2) is 4.98 Å². The molecule has 2 aromatic rings. The van der Waals surface area contributed by atoms with Gasteiger partial charge in [-0.3, -0.25) is 9.69 Å². The minimum atomic E-state index is -0.939. The molecule has 0 unspecified atom stereocenters. The number of aliphatic carboxylic acids is 1. The number of carboxylic acid groups (broad SMARTS) is 1. The van der Waals surface area contributed by atoms with Crippen molar-refractivity contribution in [3.05, 3.63) is 42.0 Å². The summed E-state index contributed by atoms with van der Waals surface area (Å²) in [5.74, 6) is 1.20. The van der Waals surface area contributed by atoms with Gasteiger partial charge in [0.25, 0.3) is 0 Å². The third kappa shape index (κ3) is 2.16. The molecule has 0 radical (unpaired) electrons. The molecule has 126 valence electrons. The van der Waals surface area contributed by atoms with Crippen LogP contribution in [0, 0.1) is 5.41 Å². The van der Waals surface area contributed by atoms with E-state index in [4.69, 9.17) is 9.47 Å². The summed E-state index contributed by atoms with van der Waals surface area (Å²) in [4.78, 5) is 21.5. The van der Waals surface area contributed by atoms with Crippen molar-refractivity contribution in [3.8, 4) is 11.5 Å². The molecule has 1 saturated heterocycles. The molecule has 2 atom stereocenters. The SMILES string of the molecule is COc1cccc2c1OC[C@@]1(C(=O)O)CN(Cc3ncc[nH]3)C[C@@H]21. The van der Waals surface area contributed by atoms with Crippen LogP contribution in [0.2, 0.25) is 0 Å². The van der Waals surface area contributed by atoms with Crippen molar-refractivity contribution in [2.24, 2.45) is 5.41 Å². The number of likely N-dealkylation sites (tertiary alicyclic amines) is 1. The number of hydrogen-bond acceptors (Lipinski definition) is 5. The van der Waals surface area contributed by atoms with Crippen LogP contribution in [0.15, 0.2) is 30.6 Å². The van der Waals surface area contributed by atoms with E-state index in [9.17, 15) is 9.90 Å². The average molecular weight is 329 g/mol. The first-order valence-electron chi connectivity index (χ1n) is 7.88. The van der Waals surface area contributed by atoms with Crippen molar-refractivity contribution < 1.29 is 19.4 Å². The fourth-order valence-electron chi connectivity index (χ4n) is 3.87. The summed E-state index contributed by atoms with van der Waals surface area (Å²) >= 11 is 0. The van der Waals surface area contributed by atoms with Crippen LogP contribution in [0.3, 0.4) is 0 Å². The number of benzene rings is 1. The number of carboxylic acids is 1. The smallest absolute Gasteiger partial charge is 0.315 e. The number of H-pyrrole nitrogens is 1. The quantitative estimate of drug-likeness (QED) is 0.883. The standard InChI is InChI=1S/C17H19N3O4/c1-23-13-4-2-3-11-12-7-20(8-14-18-5-6-19-14)9-17(12,16(21)22)10-24-15(11)13/h2-6,12H,7-10H2,1H3,(H,18,19)(H,21,22)/t12-,17-/m0/s1. The number of imidazole rings is 1. The number of nitrogens with zero attached hydrogens (tertiary/aromatic N) is 2. The molecular formula is C17H19N3O4. The Kier molecular flexibility index (Phi) is 3.45. The number of hydrogen-bond donors (Lipinski definition) is 2. The van der Waals surface area contributed by atoms with E-state index in [1.54, 1.807) is 19.5 Å². The molecule has 0 bridgehead atoms. The van der Waals surface area contributed by atoms with E-state index in [2.05, 4.69) is 14.9 Å². The Morgan fingerprint density at radius 1 is 1.58 bits per heavy atom. The molecule has 0 amide bonds. The van der Waals surface area contributed by atoms with Gasteiger partial charge in [-0.15, -0.1) is 0 Å². The second-order valence-corrected chi connectivity index (χ2v) is 6.39. The van der Waals surface area contributed by atoms with E-state index < -0.39 is 11.4 Å². The number of carbonyl (C=O) groups is 1. The van der Waals surface area contributed by atoms with Crippen LogP contribution in [-0.4, -0.2) is 52.7 Å². The molecule has 1 aromatic heterocycles. The van der Waals surface area contributed by atoms with Crippen LogP contribution in [0.25, 0.3) is 0 Å². The highest BCUT2D eigenvalue weighted by molar-refractivity contribution is 5.78. The minimum absolute atomic E-state index is 0.135. The van der Waals surface area contributed by atoms with E-state index in [1.807, 2.05) is 18.2 Å².